The molecule has 2 rings (SSSR count). The van der Waals surface area contributed by atoms with Crippen LogP contribution in [0.15, 0.2) is 12.1 Å². The van der Waals surface area contributed by atoms with Gasteiger partial charge in [-0.05, 0) is 51.9 Å². The van der Waals surface area contributed by atoms with Crippen LogP contribution in [0, 0.1) is 0 Å². The second-order valence-electron chi connectivity index (χ2n) is 4.99. The molecule has 0 aliphatic heterocycles. The quantitative estimate of drug-likeness (QED) is 0.819. The zero-order valence-electron chi connectivity index (χ0n) is 10.6. The Bertz CT molecular complexity index is 349. The van der Waals surface area contributed by atoms with E-state index in [0.717, 1.165) is 23.5 Å². The fraction of sp³-hybridized carbons (Fsp3) is 0.692. The van der Waals surface area contributed by atoms with Gasteiger partial charge in [0.25, 0.3) is 0 Å². The Labute approximate surface area is 113 Å². The fourth-order valence-corrected chi connectivity index (χ4v) is 2.99. The molecular weight excluding hydrogens is 252 g/mol. The van der Waals surface area contributed by atoms with Gasteiger partial charge in [-0.1, -0.05) is 11.6 Å². The van der Waals surface area contributed by atoms with E-state index in [-0.39, 0.29) is 0 Å². The first kappa shape index (κ1) is 13.3. The number of halogens is 1. The first-order chi connectivity index (χ1) is 8.15. The molecule has 1 aromatic heterocycles. The number of thiophene rings is 1. The molecule has 0 amide bonds. The minimum atomic E-state index is 0.613. The van der Waals surface area contributed by atoms with E-state index in [4.69, 9.17) is 11.6 Å². The van der Waals surface area contributed by atoms with Crippen molar-refractivity contribution in [2.45, 2.75) is 44.8 Å². The summed E-state index contributed by atoms with van der Waals surface area (Å²) in [6, 6.07) is 5.54. The predicted molar refractivity (Wildman–Crippen MR) is 75.9 cm³/mol. The van der Waals surface area contributed by atoms with E-state index in [9.17, 15) is 0 Å². The maximum atomic E-state index is 5.94. The van der Waals surface area contributed by atoms with Crippen LogP contribution in [0.5, 0.6) is 0 Å². The monoisotopic (exact) mass is 272 g/mol. The molecule has 96 valence electrons. The van der Waals surface area contributed by atoms with Gasteiger partial charge in [0, 0.05) is 23.5 Å². The van der Waals surface area contributed by atoms with Crippen LogP contribution >= 0.6 is 22.9 Å². The predicted octanol–water partition coefficient (Wildman–Crippen LogP) is 3.36. The van der Waals surface area contributed by atoms with Crippen LogP contribution in [0.25, 0.3) is 0 Å². The van der Waals surface area contributed by atoms with Gasteiger partial charge in [-0.15, -0.1) is 11.3 Å². The van der Waals surface area contributed by atoms with Gasteiger partial charge in [-0.3, -0.25) is 4.90 Å². The highest BCUT2D eigenvalue weighted by atomic mass is 35.5. The number of hydrogen-bond donors (Lipinski definition) is 1. The third-order valence-corrected chi connectivity index (χ3v) is 4.57. The smallest absolute Gasteiger partial charge is 0.0931 e. The molecule has 1 saturated carbocycles. The third-order valence-electron chi connectivity index (χ3n) is 3.36. The minimum absolute atomic E-state index is 0.613. The lowest BCUT2D eigenvalue weighted by Gasteiger charge is -2.24. The molecule has 0 spiro atoms. The first-order valence-corrected chi connectivity index (χ1v) is 7.52. The molecule has 1 unspecified atom stereocenters. The molecule has 1 N–H and O–H groups in total. The first-order valence-electron chi connectivity index (χ1n) is 6.33. The van der Waals surface area contributed by atoms with Crippen molar-refractivity contribution in [2.24, 2.45) is 0 Å². The van der Waals surface area contributed by atoms with Gasteiger partial charge in [0.15, 0.2) is 0 Å². The maximum absolute atomic E-state index is 5.94. The zero-order chi connectivity index (χ0) is 12.3. The highest BCUT2D eigenvalue weighted by molar-refractivity contribution is 7.16. The average molecular weight is 273 g/mol. The maximum Gasteiger partial charge on any atom is 0.0931 e. The molecule has 0 aromatic carbocycles. The molecule has 4 heteroatoms. The van der Waals surface area contributed by atoms with Crippen LogP contribution in [0.2, 0.25) is 4.34 Å². The van der Waals surface area contributed by atoms with Gasteiger partial charge in [0.1, 0.15) is 0 Å². The highest BCUT2D eigenvalue weighted by Crippen LogP contribution is 2.23. The van der Waals surface area contributed by atoms with E-state index in [1.54, 1.807) is 11.3 Å². The Morgan fingerprint density at radius 3 is 2.88 bits per heavy atom. The Morgan fingerprint density at radius 1 is 1.53 bits per heavy atom. The number of hydrogen-bond acceptors (Lipinski definition) is 3. The Balaban J connectivity index is 1.68. The lowest BCUT2D eigenvalue weighted by Crippen LogP contribution is -2.32. The molecule has 0 radical (unpaired) electrons. The normalized spacial score (nSPS) is 17.6. The SMILES string of the molecule is CC(CCNC1CC1)N(C)Cc1ccc(Cl)s1. The Kier molecular flexibility index (Phi) is 4.86. The van der Waals surface area contributed by atoms with E-state index in [1.807, 2.05) is 6.07 Å². The standard InChI is InChI=1S/C13H21ClN2S/c1-10(7-8-15-11-3-4-11)16(2)9-12-5-6-13(14)17-12/h5-6,10-11,15H,3-4,7-9H2,1-2H3. The van der Waals surface area contributed by atoms with Crippen molar-refractivity contribution in [3.05, 3.63) is 21.3 Å². The summed E-state index contributed by atoms with van der Waals surface area (Å²) in [5.41, 5.74) is 0. The molecule has 1 aliphatic rings. The van der Waals surface area contributed by atoms with Crippen LogP contribution in [-0.4, -0.2) is 30.6 Å². The molecule has 1 fully saturated rings. The topological polar surface area (TPSA) is 15.3 Å². The van der Waals surface area contributed by atoms with Crippen molar-refractivity contribution >= 4 is 22.9 Å². The van der Waals surface area contributed by atoms with Gasteiger partial charge in [-0.25, -0.2) is 0 Å². The van der Waals surface area contributed by atoms with Crippen LogP contribution in [0.1, 0.15) is 31.1 Å². The summed E-state index contributed by atoms with van der Waals surface area (Å²) in [4.78, 5) is 3.75. The van der Waals surface area contributed by atoms with Crippen LogP contribution in [-0.2, 0) is 6.54 Å². The van der Waals surface area contributed by atoms with Crippen molar-refractivity contribution < 1.29 is 0 Å². The summed E-state index contributed by atoms with van der Waals surface area (Å²) in [6.07, 6.45) is 3.96. The van der Waals surface area contributed by atoms with Crippen LogP contribution in [0.3, 0.4) is 0 Å². The zero-order valence-corrected chi connectivity index (χ0v) is 12.2. The lowest BCUT2D eigenvalue weighted by atomic mass is 10.2. The van der Waals surface area contributed by atoms with Crippen molar-refractivity contribution in [1.29, 1.82) is 0 Å². The molecular formula is C13H21ClN2S. The van der Waals surface area contributed by atoms with E-state index in [0.29, 0.717) is 6.04 Å². The van der Waals surface area contributed by atoms with Crippen molar-refractivity contribution in [3.8, 4) is 0 Å². The van der Waals surface area contributed by atoms with Gasteiger partial charge in [-0.2, -0.15) is 0 Å². The molecule has 0 saturated heterocycles. The van der Waals surface area contributed by atoms with E-state index >= 15 is 0 Å². The van der Waals surface area contributed by atoms with Crippen molar-refractivity contribution in [1.82, 2.24) is 10.2 Å². The van der Waals surface area contributed by atoms with Crippen LogP contribution < -0.4 is 5.32 Å². The second-order valence-corrected chi connectivity index (χ2v) is 6.79. The van der Waals surface area contributed by atoms with Crippen molar-refractivity contribution in [2.75, 3.05) is 13.6 Å². The van der Waals surface area contributed by atoms with E-state index in [2.05, 4.69) is 30.3 Å². The summed E-state index contributed by atoms with van der Waals surface area (Å²) in [5, 5.41) is 3.57. The van der Waals surface area contributed by atoms with Gasteiger partial charge in [0.2, 0.25) is 0 Å². The van der Waals surface area contributed by atoms with Gasteiger partial charge >= 0.3 is 0 Å². The van der Waals surface area contributed by atoms with E-state index < -0.39 is 0 Å². The molecule has 1 atom stereocenters. The summed E-state index contributed by atoms with van der Waals surface area (Å²) < 4.78 is 0.886. The fourth-order valence-electron chi connectivity index (χ4n) is 1.84. The summed E-state index contributed by atoms with van der Waals surface area (Å²) in [7, 11) is 2.19. The highest BCUT2D eigenvalue weighted by Gasteiger charge is 2.20. The van der Waals surface area contributed by atoms with Crippen molar-refractivity contribution in [3.63, 3.8) is 0 Å². The van der Waals surface area contributed by atoms with E-state index in [1.165, 1.54) is 24.1 Å². The minimum Gasteiger partial charge on any atom is -0.314 e. The van der Waals surface area contributed by atoms with Gasteiger partial charge < -0.3 is 5.32 Å². The lowest BCUT2D eigenvalue weighted by molar-refractivity contribution is 0.238. The average Bonchev–Trinajstić information content (AvgIpc) is 3.02. The number of rotatable bonds is 7. The third kappa shape index (κ3) is 4.59. The number of nitrogens with zero attached hydrogens (tertiary/aromatic N) is 1. The molecule has 1 aliphatic carbocycles. The molecule has 2 nitrogen and oxygen atoms in total. The Hall–Kier alpha value is -0.0900. The summed E-state index contributed by atoms with van der Waals surface area (Å²) in [5.74, 6) is 0. The molecule has 17 heavy (non-hydrogen) atoms. The largest absolute Gasteiger partial charge is 0.314 e. The van der Waals surface area contributed by atoms with Crippen LogP contribution in [0.4, 0.5) is 0 Å². The molecule has 0 bridgehead atoms. The summed E-state index contributed by atoms with van der Waals surface area (Å²) >= 11 is 7.62. The molecule has 1 aromatic rings. The second kappa shape index (κ2) is 6.19. The Morgan fingerprint density at radius 2 is 2.29 bits per heavy atom. The van der Waals surface area contributed by atoms with Gasteiger partial charge in [0.05, 0.1) is 4.34 Å². The summed E-state index contributed by atoms with van der Waals surface area (Å²) in [6.45, 7) is 4.44. The number of nitrogens with one attached hydrogen (secondary N) is 1. The molecule has 1 heterocycles.